The molecule has 0 aromatic carbocycles. The molecule has 2 N–H and O–H groups in total. The molecule has 1 rings (SSSR count). The molecular weight excluding hydrogens is 194 g/mol. The van der Waals surface area contributed by atoms with Gasteiger partial charge in [0.05, 0.1) is 6.54 Å². The van der Waals surface area contributed by atoms with Crippen molar-refractivity contribution in [1.82, 2.24) is 15.5 Å². The summed E-state index contributed by atoms with van der Waals surface area (Å²) in [6, 6.07) is 0.167. The third-order valence-corrected chi connectivity index (χ3v) is 2.49. The fourth-order valence-corrected chi connectivity index (χ4v) is 1.64. The zero-order chi connectivity index (χ0) is 11.3. The van der Waals surface area contributed by atoms with Crippen LogP contribution in [0, 0.1) is 0 Å². The van der Waals surface area contributed by atoms with Gasteiger partial charge in [0, 0.05) is 19.1 Å². The van der Waals surface area contributed by atoms with E-state index < -0.39 is 0 Å². The molecule has 1 fully saturated rings. The van der Waals surface area contributed by atoms with Gasteiger partial charge in [-0.25, -0.2) is 4.79 Å². The minimum Gasteiger partial charge on any atom is -0.329 e. The highest BCUT2D eigenvalue weighted by molar-refractivity contribution is 6.01. The SMILES string of the molecule is CCCC(C)NCCN1C(=O)CNC1=O. The summed E-state index contributed by atoms with van der Waals surface area (Å²) >= 11 is 0. The van der Waals surface area contributed by atoms with Crippen LogP contribution in [0.2, 0.25) is 0 Å². The highest BCUT2D eigenvalue weighted by Gasteiger charge is 2.27. The molecule has 0 aliphatic carbocycles. The predicted molar refractivity (Wildman–Crippen MR) is 57.5 cm³/mol. The maximum Gasteiger partial charge on any atom is 0.324 e. The Bertz CT molecular complexity index is 227. The molecule has 1 heterocycles. The summed E-state index contributed by atoms with van der Waals surface area (Å²) in [5, 5.41) is 5.77. The Morgan fingerprint density at radius 1 is 1.53 bits per heavy atom. The molecule has 5 nitrogen and oxygen atoms in total. The summed E-state index contributed by atoms with van der Waals surface area (Å²) in [5.74, 6) is -0.134. The number of urea groups is 1. The Morgan fingerprint density at radius 3 is 2.80 bits per heavy atom. The van der Waals surface area contributed by atoms with Crippen molar-refractivity contribution in [2.45, 2.75) is 32.7 Å². The normalized spacial score (nSPS) is 18.1. The van der Waals surface area contributed by atoms with Crippen LogP contribution in [0.4, 0.5) is 4.79 Å². The van der Waals surface area contributed by atoms with Crippen molar-refractivity contribution < 1.29 is 9.59 Å². The summed E-state index contributed by atoms with van der Waals surface area (Å²) < 4.78 is 0. The lowest BCUT2D eigenvalue weighted by Crippen LogP contribution is -2.39. The molecule has 1 unspecified atom stereocenters. The first kappa shape index (κ1) is 12.0. The number of carbonyl (C=O) groups excluding carboxylic acids is 2. The van der Waals surface area contributed by atoms with Crippen LogP contribution in [0.3, 0.4) is 0 Å². The lowest BCUT2D eigenvalue weighted by molar-refractivity contribution is -0.124. The van der Waals surface area contributed by atoms with Gasteiger partial charge in [0.1, 0.15) is 0 Å². The molecule has 0 aromatic rings. The van der Waals surface area contributed by atoms with E-state index in [1.165, 1.54) is 4.90 Å². The molecule has 5 heteroatoms. The number of carbonyl (C=O) groups is 2. The summed E-state index contributed by atoms with van der Waals surface area (Å²) in [7, 11) is 0. The minimum atomic E-state index is -0.273. The fraction of sp³-hybridized carbons (Fsp3) is 0.800. The third-order valence-electron chi connectivity index (χ3n) is 2.49. The van der Waals surface area contributed by atoms with Crippen LogP contribution in [0.1, 0.15) is 26.7 Å². The van der Waals surface area contributed by atoms with Crippen molar-refractivity contribution in [2.24, 2.45) is 0 Å². The van der Waals surface area contributed by atoms with Gasteiger partial charge in [-0.05, 0) is 13.3 Å². The number of amides is 3. The van der Waals surface area contributed by atoms with Gasteiger partial charge in [-0.15, -0.1) is 0 Å². The smallest absolute Gasteiger partial charge is 0.324 e. The molecule has 0 bridgehead atoms. The standard InChI is InChI=1S/C10H19N3O2/c1-3-4-8(2)11-5-6-13-9(14)7-12-10(13)15/h8,11H,3-7H2,1-2H3,(H,12,15). The summed E-state index contributed by atoms with van der Waals surface area (Å²) in [5.41, 5.74) is 0. The first-order valence-corrected chi connectivity index (χ1v) is 5.46. The number of nitrogens with zero attached hydrogens (tertiary/aromatic N) is 1. The number of hydrogen-bond donors (Lipinski definition) is 2. The van der Waals surface area contributed by atoms with Crippen molar-refractivity contribution in [3.05, 3.63) is 0 Å². The van der Waals surface area contributed by atoms with Crippen molar-refractivity contribution in [1.29, 1.82) is 0 Å². The van der Waals surface area contributed by atoms with E-state index in [0.717, 1.165) is 12.8 Å². The van der Waals surface area contributed by atoms with Gasteiger partial charge in [0.15, 0.2) is 0 Å². The van der Waals surface area contributed by atoms with E-state index in [1.54, 1.807) is 0 Å². The maximum absolute atomic E-state index is 11.2. The second kappa shape index (κ2) is 5.70. The molecule has 86 valence electrons. The molecule has 1 aliphatic heterocycles. The zero-order valence-corrected chi connectivity index (χ0v) is 9.38. The number of rotatable bonds is 6. The molecule has 1 saturated heterocycles. The molecule has 15 heavy (non-hydrogen) atoms. The van der Waals surface area contributed by atoms with E-state index in [4.69, 9.17) is 0 Å². The van der Waals surface area contributed by atoms with Gasteiger partial charge in [-0.3, -0.25) is 9.69 Å². The molecule has 1 atom stereocenters. The van der Waals surface area contributed by atoms with Crippen molar-refractivity contribution in [2.75, 3.05) is 19.6 Å². The third kappa shape index (κ3) is 3.51. The van der Waals surface area contributed by atoms with Gasteiger partial charge < -0.3 is 10.6 Å². The first-order valence-electron chi connectivity index (χ1n) is 5.46. The fourth-order valence-electron chi connectivity index (χ4n) is 1.64. The van der Waals surface area contributed by atoms with Crippen LogP contribution in [-0.2, 0) is 4.79 Å². The zero-order valence-electron chi connectivity index (χ0n) is 9.38. The van der Waals surface area contributed by atoms with Crippen molar-refractivity contribution >= 4 is 11.9 Å². The van der Waals surface area contributed by atoms with E-state index in [0.29, 0.717) is 19.1 Å². The number of hydrogen-bond acceptors (Lipinski definition) is 3. The molecule has 3 amide bonds. The van der Waals surface area contributed by atoms with Gasteiger partial charge in [-0.1, -0.05) is 13.3 Å². The highest BCUT2D eigenvalue weighted by Crippen LogP contribution is 1.98. The van der Waals surface area contributed by atoms with Gasteiger partial charge in [0.25, 0.3) is 0 Å². The average Bonchev–Trinajstić information content (AvgIpc) is 2.49. The molecule has 0 saturated carbocycles. The molecular formula is C10H19N3O2. The highest BCUT2D eigenvalue weighted by atomic mass is 16.2. The second-order valence-electron chi connectivity index (χ2n) is 3.85. The van der Waals surface area contributed by atoms with Crippen LogP contribution in [0.15, 0.2) is 0 Å². The van der Waals surface area contributed by atoms with Crippen molar-refractivity contribution in [3.8, 4) is 0 Å². The Hall–Kier alpha value is -1.10. The van der Waals surface area contributed by atoms with E-state index in [1.807, 2.05) is 0 Å². The first-order chi connectivity index (χ1) is 7.15. The quantitative estimate of drug-likeness (QED) is 0.624. The molecule has 0 aromatic heterocycles. The van der Waals surface area contributed by atoms with Gasteiger partial charge in [0.2, 0.25) is 5.91 Å². The predicted octanol–water partition coefficient (Wildman–Crippen LogP) is 0.316. The maximum atomic E-state index is 11.2. The van der Waals surface area contributed by atoms with E-state index >= 15 is 0 Å². The average molecular weight is 213 g/mol. The van der Waals surface area contributed by atoms with E-state index in [2.05, 4.69) is 24.5 Å². The Morgan fingerprint density at radius 2 is 2.27 bits per heavy atom. The minimum absolute atomic E-state index is 0.134. The number of nitrogens with one attached hydrogen (secondary N) is 2. The largest absolute Gasteiger partial charge is 0.329 e. The second-order valence-corrected chi connectivity index (χ2v) is 3.85. The lowest BCUT2D eigenvalue weighted by Gasteiger charge is -2.16. The van der Waals surface area contributed by atoms with Gasteiger partial charge >= 0.3 is 6.03 Å². The Balaban J connectivity index is 2.19. The number of imide groups is 1. The summed E-state index contributed by atoms with van der Waals surface area (Å²) in [6.45, 7) is 5.51. The van der Waals surface area contributed by atoms with E-state index in [-0.39, 0.29) is 18.5 Å². The van der Waals surface area contributed by atoms with Crippen LogP contribution < -0.4 is 10.6 Å². The van der Waals surface area contributed by atoms with Crippen LogP contribution in [-0.4, -0.2) is 42.5 Å². The van der Waals surface area contributed by atoms with Crippen LogP contribution >= 0.6 is 0 Å². The van der Waals surface area contributed by atoms with Crippen LogP contribution in [0.5, 0.6) is 0 Å². The summed E-state index contributed by atoms with van der Waals surface area (Å²) in [4.78, 5) is 23.6. The van der Waals surface area contributed by atoms with Gasteiger partial charge in [-0.2, -0.15) is 0 Å². The summed E-state index contributed by atoms with van der Waals surface area (Å²) in [6.07, 6.45) is 2.25. The van der Waals surface area contributed by atoms with Crippen molar-refractivity contribution in [3.63, 3.8) is 0 Å². The Kier molecular flexibility index (Phi) is 4.55. The molecule has 0 spiro atoms. The van der Waals surface area contributed by atoms with Crippen LogP contribution in [0.25, 0.3) is 0 Å². The van der Waals surface area contributed by atoms with E-state index in [9.17, 15) is 9.59 Å². The Labute approximate surface area is 90.2 Å². The monoisotopic (exact) mass is 213 g/mol. The lowest BCUT2D eigenvalue weighted by atomic mass is 10.2. The topological polar surface area (TPSA) is 61.4 Å². The molecule has 1 aliphatic rings. The molecule has 0 radical (unpaired) electrons.